The Hall–Kier alpha value is -7.24. The van der Waals surface area contributed by atoms with Crippen molar-refractivity contribution >= 4 is 58.1 Å². The van der Waals surface area contributed by atoms with Crippen LogP contribution in [0.3, 0.4) is 0 Å². The molecule has 5 amide bonds. The number of nitrogens with zero attached hydrogens (tertiary/aromatic N) is 7. The van der Waals surface area contributed by atoms with Crippen LogP contribution < -0.4 is 31.3 Å². The molecule has 6 heterocycles. The van der Waals surface area contributed by atoms with Gasteiger partial charge in [-0.15, -0.1) is 11.3 Å². The van der Waals surface area contributed by atoms with Gasteiger partial charge < -0.3 is 45.6 Å². The lowest BCUT2D eigenvalue weighted by molar-refractivity contribution is -0.144. The van der Waals surface area contributed by atoms with Crippen molar-refractivity contribution in [3.05, 3.63) is 111 Å². The van der Waals surface area contributed by atoms with Gasteiger partial charge in [0.15, 0.2) is 0 Å². The number of hydrogen-bond acceptors (Lipinski definition) is 13. The van der Waals surface area contributed by atoms with Gasteiger partial charge in [0.25, 0.3) is 5.91 Å². The van der Waals surface area contributed by atoms with E-state index < -0.39 is 75.9 Å². The number of likely N-dealkylation sites (N-methyl/N-ethyl adjacent to an activating group) is 1. The summed E-state index contributed by atoms with van der Waals surface area (Å²) < 4.78 is 58.3. The van der Waals surface area contributed by atoms with Crippen LogP contribution in [0.25, 0.3) is 21.6 Å². The first kappa shape index (κ1) is 56.9. The zero-order valence-corrected chi connectivity index (χ0v) is 45.4. The summed E-state index contributed by atoms with van der Waals surface area (Å²) in [5.74, 6) is -3.01. The molecule has 5 aromatic rings. The topological polar surface area (TPSA) is 217 Å². The molecule has 23 heteroatoms. The quantitative estimate of drug-likeness (QED) is 0.0805. The molecule has 0 saturated carbocycles. The molecular weight excluding hydrogens is 1030 g/mol. The number of amides is 5. The minimum Gasteiger partial charge on any atom is -0.391 e. The summed E-state index contributed by atoms with van der Waals surface area (Å²) in [4.78, 5) is 101. The molecule has 8 rings (SSSR count). The fourth-order valence-electron chi connectivity index (χ4n) is 10.1. The summed E-state index contributed by atoms with van der Waals surface area (Å²) in [6.45, 7) is 13.6. The van der Waals surface area contributed by atoms with Crippen LogP contribution >= 0.6 is 11.3 Å². The number of carbonyl (C=O) groups is 5. The first-order valence-electron chi connectivity index (χ1n) is 25.8. The van der Waals surface area contributed by atoms with Crippen molar-refractivity contribution in [1.82, 2.24) is 40.3 Å². The minimum atomic E-state index is -5.01. The van der Waals surface area contributed by atoms with E-state index in [0.717, 1.165) is 21.7 Å². The zero-order valence-electron chi connectivity index (χ0n) is 44.5. The number of thiazole rings is 1. The molecule has 18 nitrogen and oxygen atoms in total. The van der Waals surface area contributed by atoms with Crippen LogP contribution in [0.1, 0.15) is 81.1 Å². The fraction of sp³-hybridized carbons (Fsp3) is 0.455. The van der Waals surface area contributed by atoms with Crippen LogP contribution in [0.15, 0.2) is 77.3 Å². The van der Waals surface area contributed by atoms with E-state index in [4.69, 9.17) is 0 Å². The molecule has 0 bridgehead atoms. The number of carbonyl (C=O) groups excluding carboxylic acids is 5. The summed E-state index contributed by atoms with van der Waals surface area (Å²) in [7, 11) is 1.96. The molecular formula is C55H65F4N11O7S. The number of aryl methyl sites for hydroxylation is 1. The second-order valence-electron chi connectivity index (χ2n) is 21.4. The molecule has 2 aromatic carbocycles. The second-order valence-corrected chi connectivity index (χ2v) is 22.3. The summed E-state index contributed by atoms with van der Waals surface area (Å²) in [5.41, 5.74) is 1.19. The van der Waals surface area contributed by atoms with Crippen LogP contribution in [0.4, 0.5) is 34.8 Å². The fourth-order valence-corrected chi connectivity index (χ4v) is 11.0. The largest absolute Gasteiger partial charge is 0.417 e. The van der Waals surface area contributed by atoms with Gasteiger partial charge in [0.2, 0.25) is 29.2 Å². The van der Waals surface area contributed by atoms with Crippen molar-refractivity contribution in [2.24, 2.45) is 5.41 Å². The van der Waals surface area contributed by atoms with E-state index >= 15 is 4.39 Å². The summed E-state index contributed by atoms with van der Waals surface area (Å²) in [6.07, 6.45) is -4.10. The van der Waals surface area contributed by atoms with Gasteiger partial charge in [-0.2, -0.15) is 13.2 Å². The van der Waals surface area contributed by atoms with Crippen molar-refractivity contribution in [2.75, 3.05) is 68.0 Å². The predicted octanol–water partition coefficient (Wildman–Crippen LogP) is 6.05. The number of H-pyrrole nitrogens is 1. The Balaban J connectivity index is 0.863. The molecule has 0 radical (unpaired) electrons. The van der Waals surface area contributed by atoms with E-state index in [2.05, 4.69) is 35.8 Å². The molecule has 5 N–H and O–H groups in total. The molecule has 5 atom stereocenters. The normalized spacial score (nSPS) is 19.6. The lowest BCUT2D eigenvalue weighted by Crippen LogP contribution is -2.57. The maximum atomic E-state index is 16.3. The highest BCUT2D eigenvalue weighted by molar-refractivity contribution is 7.13. The van der Waals surface area contributed by atoms with Crippen LogP contribution in [0.5, 0.6) is 0 Å². The number of β-amino-alcohol motifs (C(OH)–C–C–N with tert-alkyl or cyclic N) is 1. The van der Waals surface area contributed by atoms with Crippen molar-refractivity contribution < 1.29 is 46.6 Å². The van der Waals surface area contributed by atoms with Gasteiger partial charge >= 0.3 is 6.18 Å². The Labute approximate surface area is 453 Å². The van der Waals surface area contributed by atoms with Crippen molar-refractivity contribution in [3.8, 4) is 21.6 Å². The molecule has 416 valence electrons. The van der Waals surface area contributed by atoms with Crippen LogP contribution in [-0.2, 0) is 31.9 Å². The highest BCUT2D eigenvalue weighted by Gasteiger charge is 2.45. The van der Waals surface area contributed by atoms with E-state index in [9.17, 15) is 47.0 Å². The monoisotopic (exact) mass is 1100 g/mol. The van der Waals surface area contributed by atoms with E-state index in [1.54, 1.807) is 54.7 Å². The van der Waals surface area contributed by atoms with Crippen LogP contribution in [-0.4, -0.2) is 147 Å². The molecule has 3 fully saturated rings. The number of nitrogens with one attached hydrogen (secondary N) is 4. The third kappa shape index (κ3) is 13.0. The second kappa shape index (κ2) is 23.4. The maximum Gasteiger partial charge on any atom is 0.417 e. The first-order valence-corrected chi connectivity index (χ1v) is 26.7. The summed E-state index contributed by atoms with van der Waals surface area (Å²) in [6, 6.07) is 12.0. The van der Waals surface area contributed by atoms with Crippen molar-refractivity contribution in [2.45, 2.75) is 104 Å². The highest BCUT2D eigenvalue weighted by atomic mass is 32.1. The number of benzene rings is 2. The Morgan fingerprint density at radius 1 is 0.885 bits per heavy atom. The summed E-state index contributed by atoms with van der Waals surface area (Å²) in [5, 5.41) is 18.9. The number of aromatic amines is 1. The van der Waals surface area contributed by atoms with Gasteiger partial charge in [-0.05, 0) is 68.6 Å². The molecule has 3 saturated heterocycles. The SMILES string of the molecule is Cc1ncsc1-c1ccc(CNC(=O)[C@@H]2C[C@@H](O)CN2C(=O)C(NC(=O)CCC(=O)N2CCN(c3ccc(-c4cc(NC(=O)c5c[nH]c(=O)cc5C(F)(F)F)c(N5C[C@@H](C)N(C)[C@@H](C)C5)cc4F)cn3)CC2)C(C)(C)C)cc1. The third-order valence-corrected chi connectivity index (χ3v) is 15.8. The van der Waals surface area contributed by atoms with Gasteiger partial charge in [0.05, 0.1) is 44.7 Å². The highest BCUT2D eigenvalue weighted by Crippen LogP contribution is 2.38. The van der Waals surface area contributed by atoms with Gasteiger partial charge in [0.1, 0.15) is 23.7 Å². The van der Waals surface area contributed by atoms with Gasteiger partial charge in [0, 0.05) is 113 Å². The minimum absolute atomic E-state index is 0.0153. The van der Waals surface area contributed by atoms with E-state index in [1.165, 1.54) is 23.2 Å². The predicted molar refractivity (Wildman–Crippen MR) is 288 cm³/mol. The van der Waals surface area contributed by atoms with Gasteiger partial charge in [-0.25, -0.2) is 14.4 Å². The number of hydrogen-bond donors (Lipinski definition) is 5. The lowest BCUT2D eigenvalue weighted by atomic mass is 9.85. The molecule has 0 spiro atoms. The number of likely N-dealkylation sites (tertiary alicyclic amines) is 1. The Bertz CT molecular complexity index is 3070. The van der Waals surface area contributed by atoms with Gasteiger partial charge in [-0.1, -0.05) is 45.0 Å². The average Bonchev–Trinajstić information content (AvgIpc) is 4.04. The standard InChI is InChI=1S/C55H65F4N11O7S/c1-31-27-69(28-32(2)66(31)7)43-23-41(56)38(21-42(43)64-51(75)39-26-61-47(73)22-40(39)55(57,58)59)36-12-13-45(60-25-36)67-16-18-68(19-17-67)48(74)15-14-46(72)65-50(54(4,5)6)53(77)70-29-37(71)20-44(70)52(76)62-24-34-8-10-35(11-9-34)49-33(3)63-30-78-49/h8-13,21-23,25-26,30-32,37,44,50,71H,14-20,24,27-29H2,1-7H3,(H,61,73)(H,62,76)(H,64,75)(H,65,72)/t31-,32+,37-,44+,50?/m1/s1. The smallest absolute Gasteiger partial charge is 0.391 e. The number of anilines is 3. The number of aromatic nitrogens is 3. The molecule has 78 heavy (non-hydrogen) atoms. The number of aliphatic hydroxyl groups excluding tert-OH is 1. The Morgan fingerprint density at radius 3 is 2.18 bits per heavy atom. The molecule has 3 aliphatic rings. The molecule has 3 aliphatic heterocycles. The molecule has 0 aliphatic carbocycles. The first-order chi connectivity index (χ1) is 36.9. The maximum absolute atomic E-state index is 16.3. The van der Waals surface area contributed by atoms with Crippen LogP contribution in [0.2, 0.25) is 0 Å². The molecule has 1 unspecified atom stereocenters. The number of piperazine rings is 2. The Kier molecular flexibility index (Phi) is 17.1. The number of pyridine rings is 2. The number of aliphatic hydroxyl groups is 1. The number of rotatable bonds is 14. The van der Waals surface area contributed by atoms with E-state index in [1.807, 2.05) is 61.9 Å². The molecule has 3 aromatic heterocycles. The van der Waals surface area contributed by atoms with Crippen molar-refractivity contribution in [3.63, 3.8) is 0 Å². The summed E-state index contributed by atoms with van der Waals surface area (Å²) >= 11 is 1.54. The lowest BCUT2D eigenvalue weighted by Gasteiger charge is -2.44. The van der Waals surface area contributed by atoms with Gasteiger partial charge in [-0.3, -0.25) is 33.7 Å². The zero-order chi connectivity index (χ0) is 56.4. The van der Waals surface area contributed by atoms with E-state index in [-0.39, 0.29) is 67.3 Å². The third-order valence-electron chi connectivity index (χ3n) is 14.8. The Morgan fingerprint density at radius 2 is 1.56 bits per heavy atom. The van der Waals surface area contributed by atoms with Crippen LogP contribution in [0, 0.1) is 18.2 Å². The van der Waals surface area contributed by atoms with E-state index in [0.29, 0.717) is 62.9 Å². The van der Waals surface area contributed by atoms with Crippen molar-refractivity contribution in [1.29, 1.82) is 0 Å². The number of halogens is 4. The number of alkyl halides is 3. The average molecular weight is 1100 g/mol.